The molecule has 4 heteroatoms. The van der Waals surface area contributed by atoms with E-state index in [0.29, 0.717) is 0 Å². The number of rotatable bonds is 2. The molecule has 0 unspecified atom stereocenters. The van der Waals surface area contributed by atoms with Gasteiger partial charge in [0.1, 0.15) is 5.75 Å². The average Bonchev–Trinajstić information content (AvgIpc) is 2.71. The van der Waals surface area contributed by atoms with Crippen molar-refractivity contribution in [1.29, 1.82) is 0 Å². The van der Waals surface area contributed by atoms with Crippen LogP contribution in [0.5, 0.6) is 5.75 Å². The predicted molar refractivity (Wildman–Crippen MR) is 69.1 cm³/mol. The van der Waals surface area contributed by atoms with Crippen LogP contribution in [0.15, 0.2) is 27.6 Å². The van der Waals surface area contributed by atoms with Crippen molar-refractivity contribution in [2.75, 3.05) is 19.5 Å². The molecule has 0 saturated carbocycles. The van der Waals surface area contributed by atoms with E-state index in [4.69, 9.17) is 4.74 Å². The average molecular weight is 286 g/mol. The molecule has 1 aliphatic heterocycles. The summed E-state index contributed by atoms with van der Waals surface area (Å²) in [5.74, 6) is 1.89. The SMILES string of the molecule is COc1ccc(C=C2CNCS2)cc1Br. The van der Waals surface area contributed by atoms with Crippen molar-refractivity contribution in [3.8, 4) is 5.75 Å². The molecule has 1 saturated heterocycles. The fourth-order valence-electron chi connectivity index (χ4n) is 1.42. The van der Waals surface area contributed by atoms with E-state index in [2.05, 4.69) is 39.5 Å². The molecule has 2 rings (SSSR count). The second-order valence-electron chi connectivity index (χ2n) is 3.22. The zero-order valence-corrected chi connectivity index (χ0v) is 10.8. The zero-order valence-electron chi connectivity index (χ0n) is 8.42. The van der Waals surface area contributed by atoms with E-state index < -0.39 is 0 Å². The highest BCUT2D eigenvalue weighted by Gasteiger charge is 2.06. The van der Waals surface area contributed by atoms with Gasteiger partial charge in [0.15, 0.2) is 0 Å². The fourth-order valence-corrected chi connectivity index (χ4v) is 2.79. The first kappa shape index (κ1) is 11.0. The van der Waals surface area contributed by atoms with Crippen LogP contribution in [0, 0.1) is 0 Å². The molecular formula is C11H12BrNOS. The molecule has 15 heavy (non-hydrogen) atoms. The van der Waals surface area contributed by atoms with E-state index in [-0.39, 0.29) is 0 Å². The first-order valence-corrected chi connectivity index (χ1v) is 6.45. The summed E-state index contributed by atoms with van der Waals surface area (Å²) < 4.78 is 6.18. The Morgan fingerprint density at radius 3 is 3.00 bits per heavy atom. The Balaban J connectivity index is 2.22. The van der Waals surface area contributed by atoms with Gasteiger partial charge in [-0.1, -0.05) is 6.07 Å². The minimum absolute atomic E-state index is 0.870. The summed E-state index contributed by atoms with van der Waals surface area (Å²) in [6.07, 6.45) is 2.20. The molecule has 0 amide bonds. The predicted octanol–water partition coefficient (Wildman–Crippen LogP) is 3.09. The highest BCUT2D eigenvalue weighted by Crippen LogP contribution is 2.28. The number of benzene rings is 1. The molecule has 1 aliphatic rings. The van der Waals surface area contributed by atoms with E-state index in [0.717, 1.165) is 22.6 Å². The lowest BCUT2D eigenvalue weighted by molar-refractivity contribution is 0.412. The van der Waals surface area contributed by atoms with Crippen molar-refractivity contribution in [3.05, 3.63) is 33.1 Å². The molecule has 80 valence electrons. The molecule has 0 spiro atoms. The number of hydrogen-bond acceptors (Lipinski definition) is 3. The molecule has 2 nitrogen and oxygen atoms in total. The topological polar surface area (TPSA) is 21.3 Å². The number of thioether (sulfide) groups is 1. The second kappa shape index (κ2) is 5.05. The van der Waals surface area contributed by atoms with Gasteiger partial charge in [-0.15, -0.1) is 11.8 Å². The molecule has 0 radical (unpaired) electrons. The normalized spacial score (nSPS) is 18.4. The first-order valence-electron chi connectivity index (χ1n) is 4.67. The van der Waals surface area contributed by atoms with Gasteiger partial charge in [0.2, 0.25) is 0 Å². The van der Waals surface area contributed by atoms with Crippen molar-refractivity contribution in [2.24, 2.45) is 0 Å². The summed E-state index contributed by atoms with van der Waals surface area (Å²) >= 11 is 5.34. The number of ether oxygens (including phenoxy) is 1. The summed E-state index contributed by atoms with van der Waals surface area (Å²) in [5, 5.41) is 3.29. The summed E-state index contributed by atoms with van der Waals surface area (Å²) in [6, 6.07) is 6.11. The molecule has 1 N–H and O–H groups in total. The maximum atomic E-state index is 5.18. The molecule has 0 atom stereocenters. The molecular weight excluding hydrogens is 274 g/mol. The van der Waals surface area contributed by atoms with Crippen molar-refractivity contribution >= 4 is 33.8 Å². The Morgan fingerprint density at radius 2 is 2.40 bits per heavy atom. The minimum atomic E-state index is 0.870. The van der Waals surface area contributed by atoms with Crippen LogP contribution in [-0.4, -0.2) is 19.5 Å². The summed E-state index contributed by atoms with van der Waals surface area (Å²) in [7, 11) is 1.68. The smallest absolute Gasteiger partial charge is 0.133 e. The van der Waals surface area contributed by atoms with Gasteiger partial charge in [-0.3, -0.25) is 0 Å². The first-order chi connectivity index (χ1) is 7.29. The maximum Gasteiger partial charge on any atom is 0.133 e. The van der Waals surface area contributed by atoms with E-state index in [1.807, 2.05) is 17.8 Å². The third-order valence-electron chi connectivity index (χ3n) is 2.16. The second-order valence-corrected chi connectivity index (χ2v) is 5.18. The highest BCUT2D eigenvalue weighted by molar-refractivity contribution is 9.10. The third-order valence-corrected chi connectivity index (χ3v) is 3.76. The third kappa shape index (κ3) is 2.77. The van der Waals surface area contributed by atoms with E-state index in [1.54, 1.807) is 7.11 Å². The molecule has 1 fully saturated rings. The maximum absolute atomic E-state index is 5.18. The summed E-state index contributed by atoms with van der Waals surface area (Å²) in [5.41, 5.74) is 1.20. The van der Waals surface area contributed by atoms with Crippen molar-refractivity contribution in [1.82, 2.24) is 5.32 Å². The molecule has 0 aromatic heterocycles. The lowest BCUT2D eigenvalue weighted by atomic mass is 10.2. The van der Waals surface area contributed by atoms with Gasteiger partial charge >= 0.3 is 0 Å². The number of hydrogen-bond donors (Lipinski definition) is 1. The summed E-state index contributed by atoms with van der Waals surface area (Å²) in [6.45, 7) is 0.980. The number of halogens is 1. The minimum Gasteiger partial charge on any atom is -0.496 e. The Labute approximate surface area is 102 Å². The Kier molecular flexibility index (Phi) is 3.72. The van der Waals surface area contributed by atoms with Crippen molar-refractivity contribution in [2.45, 2.75) is 0 Å². The lowest BCUT2D eigenvalue weighted by Gasteiger charge is -2.04. The Hall–Kier alpha value is -0.450. The van der Waals surface area contributed by atoms with Gasteiger partial charge in [-0.2, -0.15) is 0 Å². The highest BCUT2D eigenvalue weighted by atomic mass is 79.9. The lowest BCUT2D eigenvalue weighted by Crippen LogP contribution is -2.04. The van der Waals surface area contributed by atoms with Crippen LogP contribution in [0.2, 0.25) is 0 Å². The van der Waals surface area contributed by atoms with Gasteiger partial charge in [0.05, 0.1) is 11.6 Å². The van der Waals surface area contributed by atoms with Crippen LogP contribution in [0.4, 0.5) is 0 Å². The van der Waals surface area contributed by atoms with E-state index >= 15 is 0 Å². The van der Waals surface area contributed by atoms with E-state index in [9.17, 15) is 0 Å². The van der Waals surface area contributed by atoms with Gasteiger partial charge in [-0.05, 0) is 39.7 Å². The Bertz CT molecular complexity index is 384. The van der Waals surface area contributed by atoms with E-state index in [1.165, 1.54) is 10.5 Å². The van der Waals surface area contributed by atoms with Gasteiger partial charge in [-0.25, -0.2) is 0 Å². The quantitative estimate of drug-likeness (QED) is 0.902. The Morgan fingerprint density at radius 1 is 1.53 bits per heavy atom. The van der Waals surface area contributed by atoms with Crippen molar-refractivity contribution < 1.29 is 4.74 Å². The standard InChI is InChI=1S/C11H12BrNOS/c1-14-11-3-2-8(5-10(11)12)4-9-6-13-7-15-9/h2-5,13H,6-7H2,1H3. The number of methoxy groups -OCH3 is 1. The van der Waals surface area contributed by atoms with Crippen LogP contribution in [-0.2, 0) is 0 Å². The molecule has 1 aromatic carbocycles. The van der Waals surface area contributed by atoms with Crippen LogP contribution < -0.4 is 10.1 Å². The van der Waals surface area contributed by atoms with Crippen LogP contribution in [0.3, 0.4) is 0 Å². The van der Waals surface area contributed by atoms with Gasteiger partial charge < -0.3 is 10.1 Å². The largest absolute Gasteiger partial charge is 0.496 e. The van der Waals surface area contributed by atoms with Gasteiger partial charge in [0, 0.05) is 17.3 Å². The molecule has 1 heterocycles. The molecule has 1 aromatic rings. The number of nitrogens with one attached hydrogen (secondary N) is 1. The van der Waals surface area contributed by atoms with Gasteiger partial charge in [0.25, 0.3) is 0 Å². The monoisotopic (exact) mass is 285 g/mol. The molecule has 0 bridgehead atoms. The zero-order chi connectivity index (χ0) is 10.7. The van der Waals surface area contributed by atoms with Crippen LogP contribution in [0.1, 0.15) is 5.56 Å². The van der Waals surface area contributed by atoms with Crippen LogP contribution >= 0.6 is 27.7 Å². The van der Waals surface area contributed by atoms with Crippen LogP contribution in [0.25, 0.3) is 6.08 Å². The molecule has 0 aliphatic carbocycles. The van der Waals surface area contributed by atoms with Crippen molar-refractivity contribution in [3.63, 3.8) is 0 Å². The summed E-state index contributed by atoms with van der Waals surface area (Å²) in [4.78, 5) is 1.38. The fraction of sp³-hybridized carbons (Fsp3) is 0.273.